The Morgan fingerprint density at radius 1 is 1.24 bits per heavy atom. The summed E-state index contributed by atoms with van der Waals surface area (Å²) < 4.78 is 5.50. The van der Waals surface area contributed by atoms with Crippen LogP contribution in [0.3, 0.4) is 0 Å². The predicted octanol–water partition coefficient (Wildman–Crippen LogP) is 3.70. The largest absolute Gasteiger partial charge is 0.496 e. The number of hydrogen-bond acceptors (Lipinski definition) is 3. The van der Waals surface area contributed by atoms with Crippen molar-refractivity contribution in [2.24, 2.45) is 0 Å². The van der Waals surface area contributed by atoms with Gasteiger partial charge in [-0.15, -0.1) is 0 Å². The fourth-order valence-electron chi connectivity index (χ4n) is 3.31. The van der Waals surface area contributed by atoms with Gasteiger partial charge in [0, 0.05) is 23.0 Å². The highest BCUT2D eigenvalue weighted by molar-refractivity contribution is 6.31. The van der Waals surface area contributed by atoms with Crippen molar-refractivity contribution in [3.8, 4) is 5.75 Å². The second-order valence-corrected chi connectivity index (χ2v) is 6.67. The van der Waals surface area contributed by atoms with E-state index in [2.05, 4.69) is 10.6 Å². The highest BCUT2D eigenvalue weighted by Crippen LogP contribution is 2.33. The summed E-state index contributed by atoms with van der Waals surface area (Å²) in [6.45, 7) is 0.985. The standard InChI is InChI=1S/C20H23ClN2O2/c1-25-18-11-5-3-9-16(18)20(15-8-2-4-10-17(15)21)23-19(24)13-14-7-6-12-22-14/h2-5,8-11,14,20,22H,6-7,12-13H2,1H3,(H,23,24). The number of nitrogens with one attached hydrogen (secondary N) is 2. The lowest BCUT2D eigenvalue weighted by atomic mass is 9.97. The van der Waals surface area contributed by atoms with Crippen molar-refractivity contribution in [2.75, 3.05) is 13.7 Å². The van der Waals surface area contributed by atoms with Crippen LogP contribution in [-0.4, -0.2) is 25.6 Å². The van der Waals surface area contributed by atoms with E-state index in [1.165, 1.54) is 0 Å². The van der Waals surface area contributed by atoms with Gasteiger partial charge >= 0.3 is 0 Å². The van der Waals surface area contributed by atoms with Crippen LogP contribution in [0.25, 0.3) is 0 Å². The van der Waals surface area contributed by atoms with Crippen molar-refractivity contribution in [3.05, 3.63) is 64.7 Å². The maximum absolute atomic E-state index is 12.6. The Labute approximate surface area is 153 Å². The number of carbonyl (C=O) groups excluding carboxylic acids is 1. The molecule has 2 aromatic rings. The number of rotatable bonds is 6. The monoisotopic (exact) mass is 358 g/mol. The van der Waals surface area contributed by atoms with E-state index in [0.29, 0.717) is 11.4 Å². The van der Waals surface area contributed by atoms with Crippen molar-refractivity contribution >= 4 is 17.5 Å². The fraction of sp³-hybridized carbons (Fsp3) is 0.350. The van der Waals surface area contributed by atoms with Gasteiger partial charge in [-0.1, -0.05) is 48.0 Å². The van der Waals surface area contributed by atoms with E-state index < -0.39 is 0 Å². The molecule has 1 heterocycles. The maximum atomic E-state index is 12.6. The molecule has 0 spiro atoms. The summed E-state index contributed by atoms with van der Waals surface area (Å²) in [5, 5.41) is 7.13. The number of benzene rings is 2. The van der Waals surface area contributed by atoms with E-state index in [1.807, 2.05) is 48.5 Å². The Morgan fingerprint density at radius 3 is 2.64 bits per heavy atom. The SMILES string of the molecule is COc1ccccc1C(NC(=O)CC1CCCN1)c1ccccc1Cl. The molecule has 1 aliphatic rings. The third-order valence-electron chi connectivity index (χ3n) is 4.57. The first-order valence-electron chi connectivity index (χ1n) is 8.59. The van der Waals surface area contributed by atoms with Crippen molar-refractivity contribution in [3.63, 3.8) is 0 Å². The van der Waals surface area contributed by atoms with Crippen LogP contribution in [0.1, 0.15) is 36.4 Å². The number of ether oxygens (including phenoxy) is 1. The molecule has 0 aliphatic carbocycles. The summed E-state index contributed by atoms with van der Waals surface area (Å²) in [4.78, 5) is 12.6. The maximum Gasteiger partial charge on any atom is 0.222 e. The van der Waals surface area contributed by atoms with Gasteiger partial charge in [-0.05, 0) is 37.1 Å². The molecular weight excluding hydrogens is 336 g/mol. The molecule has 2 atom stereocenters. The second-order valence-electron chi connectivity index (χ2n) is 6.26. The van der Waals surface area contributed by atoms with Gasteiger partial charge < -0.3 is 15.4 Å². The number of halogens is 1. The molecule has 1 aliphatic heterocycles. The van der Waals surface area contributed by atoms with Gasteiger partial charge in [0.15, 0.2) is 0 Å². The zero-order chi connectivity index (χ0) is 17.6. The number of methoxy groups -OCH3 is 1. The molecule has 25 heavy (non-hydrogen) atoms. The predicted molar refractivity (Wildman–Crippen MR) is 100 cm³/mol. The lowest BCUT2D eigenvalue weighted by Crippen LogP contribution is -2.34. The zero-order valence-electron chi connectivity index (χ0n) is 14.3. The molecule has 4 nitrogen and oxygen atoms in total. The van der Waals surface area contributed by atoms with E-state index in [1.54, 1.807) is 7.11 Å². The summed E-state index contributed by atoms with van der Waals surface area (Å²) in [6.07, 6.45) is 2.63. The van der Waals surface area contributed by atoms with E-state index in [-0.39, 0.29) is 18.0 Å². The van der Waals surface area contributed by atoms with Gasteiger partial charge in [-0.3, -0.25) is 4.79 Å². The van der Waals surface area contributed by atoms with Gasteiger partial charge in [-0.2, -0.15) is 0 Å². The quantitative estimate of drug-likeness (QED) is 0.827. The third kappa shape index (κ3) is 4.33. The Morgan fingerprint density at radius 2 is 1.96 bits per heavy atom. The van der Waals surface area contributed by atoms with Crippen LogP contribution >= 0.6 is 11.6 Å². The lowest BCUT2D eigenvalue weighted by Gasteiger charge is -2.23. The van der Waals surface area contributed by atoms with E-state index in [0.717, 1.165) is 36.3 Å². The van der Waals surface area contributed by atoms with Crippen LogP contribution in [-0.2, 0) is 4.79 Å². The fourth-order valence-corrected chi connectivity index (χ4v) is 3.56. The minimum atomic E-state index is -0.348. The molecule has 0 radical (unpaired) electrons. The summed E-state index contributed by atoms with van der Waals surface area (Å²) in [5.74, 6) is 0.738. The molecule has 2 N–H and O–H groups in total. The van der Waals surface area contributed by atoms with Crippen LogP contribution in [0, 0.1) is 0 Å². The average Bonchev–Trinajstić information content (AvgIpc) is 3.13. The molecule has 0 saturated carbocycles. The highest BCUT2D eigenvalue weighted by atomic mass is 35.5. The van der Waals surface area contributed by atoms with E-state index >= 15 is 0 Å². The smallest absolute Gasteiger partial charge is 0.222 e. The summed E-state index contributed by atoms with van der Waals surface area (Å²) >= 11 is 6.41. The number of amides is 1. The zero-order valence-corrected chi connectivity index (χ0v) is 15.1. The Kier molecular flexibility index (Phi) is 5.95. The summed E-state index contributed by atoms with van der Waals surface area (Å²) in [7, 11) is 1.63. The summed E-state index contributed by atoms with van der Waals surface area (Å²) in [6, 6.07) is 15.2. The minimum absolute atomic E-state index is 0.00947. The molecule has 132 valence electrons. The van der Waals surface area contributed by atoms with Crippen molar-refractivity contribution in [1.29, 1.82) is 0 Å². The molecule has 2 aromatic carbocycles. The minimum Gasteiger partial charge on any atom is -0.496 e. The van der Waals surface area contributed by atoms with Crippen LogP contribution in [0.15, 0.2) is 48.5 Å². The number of hydrogen-bond donors (Lipinski definition) is 2. The molecule has 2 unspecified atom stereocenters. The molecule has 5 heteroatoms. The van der Waals surface area contributed by atoms with Gasteiger partial charge in [0.05, 0.1) is 13.2 Å². The average molecular weight is 359 g/mol. The van der Waals surface area contributed by atoms with Gasteiger partial charge in [-0.25, -0.2) is 0 Å². The highest BCUT2D eigenvalue weighted by Gasteiger charge is 2.24. The molecule has 0 bridgehead atoms. The van der Waals surface area contributed by atoms with Gasteiger partial charge in [0.25, 0.3) is 0 Å². The number of carbonyl (C=O) groups is 1. The molecule has 1 amide bonds. The van der Waals surface area contributed by atoms with Crippen LogP contribution in [0.5, 0.6) is 5.75 Å². The molecule has 1 saturated heterocycles. The van der Waals surface area contributed by atoms with Crippen molar-refractivity contribution in [2.45, 2.75) is 31.3 Å². The third-order valence-corrected chi connectivity index (χ3v) is 4.91. The topological polar surface area (TPSA) is 50.4 Å². The molecule has 3 rings (SSSR count). The van der Waals surface area contributed by atoms with Gasteiger partial charge in [0.2, 0.25) is 5.91 Å². The Hall–Kier alpha value is -2.04. The molecule has 1 fully saturated rings. The first kappa shape index (κ1) is 17.8. The van der Waals surface area contributed by atoms with Crippen LogP contribution < -0.4 is 15.4 Å². The normalized spacial score (nSPS) is 17.9. The van der Waals surface area contributed by atoms with Crippen LogP contribution in [0.4, 0.5) is 0 Å². The first-order valence-corrected chi connectivity index (χ1v) is 8.97. The van der Waals surface area contributed by atoms with Crippen LogP contribution in [0.2, 0.25) is 5.02 Å². The van der Waals surface area contributed by atoms with Crippen molar-refractivity contribution in [1.82, 2.24) is 10.6 Å². The number of para-hydroxylation sites is 1. The Balaban J connectivity index is 1.89. The van der Waals surface area contributed by atoms with E-state index in [4.69, 9.17) is 16.3 Å². The lowest BCUT2D eigenvalue weighted by molar-refractivity contribution is -0.122. The van der Waals surface area contributed by atoms with Crippen molar-refractivity contribution < 1.29 is 9.53 Å². The second kappa shape index (κ2) is 8.37. The first-order chi connectivity index (χ1) is 12.2. The summed E-state index contributed by atoms with van der Waals surface area (Å²) in [5.41, 5.74) is 1.76. The Bertz CT molecular complexity index is 729. The van der Waals surface area contributed by atoms with Gasteiger partial charge in [0.1, 0.15) is 5.75 Å². The van der Waals surface area contributed by atoms with E-state index in [9.17, 15) is 4.79 Å². The molecular formula is C20H23ClN2O2. The molecule has 0 aromatic heterocycles.